The zero-order valence-electron chi connectivity index (χ0n) is 15.2. The SMILES string of the molecule is c1ccc2c(c1)Cc1c-2ccc2nc3c4ccccc4c4ccccc4n3c12. The molecule has 1 aliphatic rings. The number of imidazole rings is 1. The Balaban J connectivity index is 1.76. The summed E-state index contributed by atoms with van der Waals surface area (Å²) in [6.45, 7) is 0. The van der Waals surface area contributed by atoms with Crippen LogP contribution in [-0.2, 0) is 6.42 Å². The number of pyridine rings is 1. The lowest BCUT2D eigenvalue weighted by molar-refractivity contribution is 1.24. The van der Waals surface area contributed by atoms with Gasteiger partial charge in [-0.1, -0.05) is 72.8 Å². The van der Waals surface area contributed by atoms with Crippen LogP contribution in [0.4, 0.5) is 0 Å². The van der Waals surface area contributed by atoms with Gasteiger partial charge in [-0.05, 0) is 39.8 Å². The van der Waals surface area contributed by atoms with Crippen LogP contribution in [0.25, 0.3) is 49.5 Å². The highest BCUT2D eigenvalue weighted by atomic mass is 15.0. The summed E-state index contributed by atoms with van der Waals surface area (Å²) in [7, 11) is 0. The lowest BCUT2D eigenvalue weighted by Crippen LogP contribution is -1.93. The van der Waals surface area contributed by atoms with Crippen molar-refractivity contribution in [3.05, 3.63) is 96.1 Å². The van der Waals surface area contributed by atoms with Crippen molar-refractivity contribution < 1.29 is 0 Å². The fraction of sp³-hybridized carbons (Fsp3) is 0.0385. The molecule has 0 N–H and O–H groups in total. The molecule has 0 saturated carbocycles. The molecule has 130 valence electrons. The highest BCUT2D eigenvalue weighted by Gasteiger charge is 2.23. The molecule has 0 saturated heterocycles. The van der Waals surface area contributed by atoms with Crippen LogP contribution in [0.15, 0.2) is 84.9 Å². The Morgan fingerprint density at radius 2 is 1.39 bits per heavy atom. The number of aromatic nitrogens is 2. The van der Waals surface area contributed by atoms with Gasteiger partial charge in [-0.2, -0.15) is 0 Å². The molecule has 0 bridgehead atoms. The molecule has 6 aromatic rings. The number of para-hydroxylation sites is 1. The number of fused-ring (bicyclic) bond motifs is 12. The van der Waals surface area contributed by atoms with E-state index < -0.39 is 0 Å². The van der Waals surface area contributed by atoms with Gasteiger partial charge in [0.2, 0.25) is 0 Å². The summed E-state index contributed by atoms with van der Waals surface area (Å²) >= 11 is 0. The Kier molecular flexibility index (Phi) is 2.57. The van der Waals surface area contributed by atoms with Gasteiger partial charge >= 0.3 is 0 Å². The first-order valence-electron chi connectivity index (χ1n) is 9.72. The Labute approximate surface area is 161 Å². The summed E-state index contributed by atoms with van der Waals surface area (Å²) in [5, 5.41) is 3.75. The van der Waals surface area contributed by atoms with Crippen molar-refractivity contribution in [2.24, 2.45) is 0 Å². The number of hydrogen-bond donors (Lipinski definition) is 0. The Morgan fingerprint density at radius 3 is 2.32 bits per heavy atom. The fourth-order valence-electron chi connectivity index (χ4n) is 5.02. The van der Waals surface area contributed by atoms with Crippen LogP contribution in [0.2, 0.25) is 0 Å². The van der Waals surface area contributed by atoms with Crippen LogP contribution in [-0.4, -0.2) is 9.38 Å². The first kappa shape index (κ1) is 14.4. The van der Waals surface area contributed by atoms with E-state index in [0.717, 1.165) is 17.6 Å². The molecule has 0 aliphatic heterocycles. The molecule has 4 aromatic carbocycles. The predicted molar refractivity (Wildman–Crippen MR) is 116 cm³/mol. The molecule has 2 heteroatoms. The van der Waals surface area contributed by atoms with Crippen LogP contribution in [0.1, 0.15) is 11.1 Å². The lowest BCUT2D eigenvalue weighted by atomic mass is 10.0. The third-order valence-electron chi connectivity index (χ3n) is 6.20. The molecule has 2 nitrogen and oxygen atoms in total. The molecule has 0 unspecified atom stereocenters. The van der Waals surface area contributed by atoms with E-state index in [0.29, 0.717) is 0 Å². The minimum atomic E-state index is 0.970. The third kappa shape index (κ3) is 1.66. The maximum Gasteiger partial charge on any atom is 0.146 e. The molecule has 2 heterocycles. The molecule has 0 fully saturated rings. The van der Waals surface area contributed by atoms with Gasteiger partial charge in [-0.25, -0.2) is 4.98 Å². The molecule has 0 radical (unpaired) electrons. The Hall–Kier alpha value is -3.65. The first-order valence-corrected chi connectivity index (χ1v) is 9.72. The summed E-state index contributed by atoms with van der Waals surface area (Å²) < 4.78 is 2.39. The highest BCUT2D eigenvalue weighted by molar-refractivity contribution is 6.14. The summed E-state index contributed by atoms with van der Waals surface area (Å²) in [4.78, 5) is 5.10. The molecule has 1 aliphatic carbocycles. The Bertz CT molecular complexity index is 1590. The summed E-state index contributed by atoms with van der Waals surface area (Å²) in [5.74, 6) is 0. The second-order valence-electron chi connectivity index (χ2n) is 7.63. The molecule has 2 aromatic heterocycles. The van der Waals surface area contributed by atoms with E-state index in [1.165, 1.54) is 49.4 Å². The minimum absolute atomic E-state index is 0.970. The van der Waals surface area contributed by atoms with Gasteiger partial charge in [0.1, 0.15) is 5.65 Å². The van der Waals surface area contributed by atoms with E-state index in [4.69, 9.17) is 4.98 Å². The molecular weight excluding hydrogens is 340 g/mol. The topological polar surface area (TPSA) is 17.3 Å². The van der Waals surface area contributed by atoms with Gasteiger partial charge in [0.05, 0.1) is 16.6 Å². The van der Waals surface area contributed by atoms with E-state index in [9.17, 15) is 0 Å². The lowest BCUT2D eigenvalue weighted by Gasteiger charge is -2.10. The first-order chi connectivity index (χ1) is 13.9. The Morgan fingerprint density at radius 1 is 0.643 bits per heavy atom. The van der Waals surface area contributed by atoms with Crippen LogP contribution in [0.3, 0.4) is 0 Å². The molecule has 0 amide bonds. The van der Waals surface area contributed by atoms with Gasteiger partial charge in [0, 0.05) is 17.2 Å². The van der Waals surface area contributed by atoms with Crippen molar-refractivity contribution >= 4 is 38.4 Å². The zero-order chi connectivity index (χ0) is 18.2. The average Bonchev–Trinajstić information content (AvgIpc) is 3.32. The summed E-state index contributed by atoms with van der Waals surface area (Å²) in [6.07, 6.45) is 0.970. The standard InChI is InChI=1S/C26H16N2/c1-2-8-17-16(7-1)15-22-19(17)13-14-23-25(22)28-24-12-6-5-10-20(24)18-9-3-4-11-21(18)26(28)27-23/h1-14H,15H2. The monoisotopic (exact) mass is 356 g/mol. The number of benzene rings is 4. The van der Waals surface area contributed by atoms with Crippen LogP contribution in [0.5, 0.6) is 0 Å². The maximum atomic E-state index is 5.10. The van der Waals surface area contributed by atoms with Crippen LogP contribution in [0, 0.1) is 0 Å². The van der Waals surface area contributed by atoms with Crippen molar-refractivity contribution in [3.63, 3.8) is 0 Å². The maximum absolute atomic E-state index is 5.10. The predicted octanol–water partition coefficient (Wildman–Crippen LogP) is 6.37. The van der Waals surface area contributed by atoms with Gasteiger partial charge in [-0.3, -0.25) is 4.40 Å². The smallest absolute Gasteiger partial charge is 0.146 e. The van der Waals surface area contributed by atoms with Crippen molar-refractivity contribution in [2.75, 3.05) is 0 Å². The van der Waals surface area contributed by atoms with Gasteiger partial charge in [-0.15, -0.1) is 0 Å². The molecule has 0 spiro atoms. The van der Waals surface area contributed by atoms with Crippen LogP contribution < -0.4 is 0 Å². The highest BCUT2D eigenvalue weighted by Crippen LogP contribution is 2.42. The van der Waals surface area contributed by atoms with Gasteiger partial charge < -0.3 is 0 Å². The average molecular weight is 356 g/mol. The van der Waals surface area contributed by atoms with Crippen molar-refractivity contribution in [1.82, 2.24) is 9.38 Å². The third-order valence-corrected chi connectivity index (χ3v) is 6.20. The van der Waals surface area contributed by atoms with Crippen molar-refractivity contribution in [2.45, 2.75) is 6.42 Å². The van der Waals surface area contributed by atoms with E-state index in [1.807, 2.05) is 0 Å². The molecule has 7 rings (SSSR count). The normalized spacial score (nSPS) is 12.9. The molecule has 0 atom stereocenters. The quantitative estimate of drug-likeness (QED) is 0.289. The van der Waals surface area contributed by atoms with Crippen molar-refractivity contribution in [3.8, 4) is 11.1 Å². The minimum Gasteiger partial charge on any atom is -0.291 e. The number of rotatable bonds is 0. The van der Waals surface area contributed by atoms with E-state index in [1.54, 1.807) is 0 Å². The largest absolute Gasteiger partial charge is 0.291 e. The van der Waals surface area contributed by atoms with E-state index in [-0.39, 0.29) is 0 Å². The van der Waals surface area contributed by atoms with Gasteiger partial charge in [0.15, 0.2) is 0 Å². The molecule has 28 heavy (non-hydrogen) atoms. The number of hydrogen-bond acceptors (Lipinski definition) is 1. The molecular formula is C26H16N2. The fourth-order valence-corrected chi connectivity index (χ4v) is 5.02. The van der Waals surface area contributed by atoms with E-state index >= 15 is 0 Å². The van der Waals surface area contributed by atoms with Crippen molar-refractivity contribution in [1.29, 1.82) is 0 Å². The zero-order valence-corrected chi connectivity index (χ0v) is 15.2. The van der Waals surface area contributed by atoms with Crippen LogP contribution >= 0.6 is 0 Å². The second kappa shape index (κ2) is 4.99. The summed E-state index contributed by atoms with van der Waals surface area (Å²) in [5.41, 5.74) is 10.1. The van der Waals surface area contributed by atoms with Gasteiger partial charge in [0.25, 0.3) is 0 Å². The van der Waals surface area contributed by atoms with E-state index in [2.05, 4.69) is 89.3 Å². The summed E-state index contributed by atoms with van der Waals surface area (Å²) in [6, 6.07) is 30.5. The number of nitrogens with zero attached hydrogens (tertiary/aromatic N) is 2. The second-order valence-corrected chi connectivity index (χ2v) is 7.63.